The van der Waals surface area contributed by atoms with Crippen molar-refractivity contribution in [3.63, 3.8) is 0 Å². The molecule has 80 valence electrons. The molecule has 3 nitrogen and oxygen atoms in total. The van der Waals surface area contributed by atoms with Crippen LogP contribution in [-0.4, -0.2) is 24.9 Å². The predicted molar refractivity (Wildman–Crippen MR) is 60.3 cm³/mol. The maximum Gasteiger partial charge on any atom is 0.116 e. The Labute approximate surface area is 89.7 Å². The molecule has 3 heteroatoms. The fraction of sp³-hybridized carbons (Fsp3) is 0.500. The summed E-state index contributed by atoms with van der Waals surface area (Å²) < 4.78 is 0. The Morgan fingerprint density at radius 3 is 3.13 bits per heavy atom. The van der Waals surface area contributed by atoms with E-state index in [-0.39, 0.29) is 5.41 Å². The average Bonchev–Trinajstić information content (AvgIpc) is 2.67. The van der Waals surface area contributed by atoms with Gasteiger partial charge >= 0.3 is 0 Å². The normalized spacial score (nSPS) is 32.9. The molecule has 2 N–H and O–H groups in total. The fourth-order valence-corrected chi connectivity index (χ4v) is 3.10. The van der Waals surface area contributed by atoms with Gasteiger partial charge < -0.3 is 10.0 Å². The zero-order chi connectivity index (χ0) is 10.6. The van der Waals surface area contributed by atoms with E-state index in [1.165, 1.54) is 11.3 Å². The van der Waals surface area contributed by atoms with Crippen LogP contribution in [0, 0.1) is 0 Å². The summed E-state index contributed by atoms with van der Waals surface area (Å²) in [4.78, 5) is 2.28. The highest BCUT2D eigenvalue weighted by molar-refractivity contribution is 5.65. The van der Waals surface area contributed by atoms with Crippen molar-refractivity contribution in [2.24, 2.45) is 0 Å². The van der Waals surface area contributed by atoms with Crippen molar-refractivity contribution in [1.29, 1.82) is 0 Å². The van der Waals surface area contributed by atoms with Crippen molar-refractivity contribution in [3.8, 4) is 5.75 Å². The average molecular weight is 204 g/mol. The van der Waals surface area contributed by atoms with Crippen molar-refractivity contribution in [2.45, 2.75) is 24.9 Å². The highest BCUT2D eigenvalue weighted by Crippen LogP contribution is 2.48. The van der Waals surface area contributed by atoms with E-state index in [0.29, 0.717) is 11.9 Å². The van der Waals surface area contributed by atoms with Crippen LogP contribution < -0.4 is 10.2 Å². The zero-order valence-corrected chi connectivity index (χ0v) is 9.12. The molecule has 3 rings (SSSR count). The number of phenols is 1. The van der Waals surface area contributed by atoms with Crippen molar-refractivity contribution >= 4 is 5.69 Å². The van der Waals surface area contributed by atoms with Crippen LogP contribution in [0.3, 0.4) is 0 Å². The second-order valence-corrected chi connectivity index (χ2v) is 4.84. The van der Waals surface area contributed by atoms with E-state index < -0.39 is 0 Å². The number of nitrogens with one attached hydrogen (secondary N) is 1. The minimum Gasteiger partial charge on any atom is -0.508 e. The van der Waals surface area contributed by atoms with Crippen molar-refractivity contribution in [3.05, 3.63) is 23.8 Å². The fourth-order valence-electron chi connectivity index (χ4n) is 3.10. The summed E-state index contributed by atoms with van der Waals surface area (Å²) in [5.74, 6) is 0.371. The summed E-state index contributed by atoms with van der Waals surface area (Å²) in [5.41, 5.74) is 2.68. The first-order valence-electron chi connectivity index (χ1n) is 5.43. The lowest BCUT2D eigenvalue weighted by atomic mass is 9.81. The molecule has 1 aromatic rings. The van der Waals surface area contributed by atoms with Gasteiger partial charge in [0.2, 0.25) is 0 Å². The van der Waals surface area contributed by atoms with Gasteiger partial charge in [0.1, 0.15) is 5.75 Å². The molecular weight excluding hydrogens is 188 g/mol. The van der Waals surface area contributed by atoms with E-state index in [2.05, 4.69) is 24.2 Å². The van der Waals surface area contributed by atoms with Gasteiger partial charge in [-0.2, -0.15) is 0 Å². The first-order chi connectivity index (χ1) is 7.13. The number of anilines is 1. The lowest BCUT2D eigenvalue weighted by Gasteiger charge is -2.27. The van der Waals surface area contributed by atoms with Gasteiger partial charge in [-0.05, 0) is 36.7 Å². The molecule has 0 aliphatic carbocycles. The SMILES string of the molecule is CN1c2ccc(O)cc2[C@]2(C)CCN[C@H]12. The Hall–Kier alpha value is -1.22. The van der Waals surface area contributed by atoms with Crippen LogP contribution in [0.2, 0.25) is 0 Å². The van der Waals surface area contributed by atoms with Crippen molar-refractivity contribution in [1.82, 2.24) is 5.32 Å². The third-order valence-electron chi connectivity index (χ3n) is 3.95. The standard InChI is InChI=1S/C12H16N2O/c1-12-5-6-13-11(12)14(2)10-4-3-8(15)7-9(10)12/h3-4,7,11,13,15H,5-6H2,1-2H3/t11-,12+/m1/s1. The molecule has 0 saturated carbocycles. The van der Waals surface area contributed by atoms with Crippen LogP contribution in [0.15, 0.2) is 18.2 Å². The van der Waals surface area contributed by atoms with E-state index in [9.17, 15) is 5.11 Å². The van der Waals surface area contributed by atoms with Crippen LogP contribution in [0.5, 0.6) is 5.75 Å². The van der Waals surface area contributed by atoms with E-state index in [0.717, 1.165) is 13.0 Å². The Balaban J connectivity index is 2.21. The molecule has 1 saturated heterocycles. The summed E-state index contributed by atoms with van der Waals surface area (Å²) >= 11 is 0. The molecule has 0 radical (unpaired) electrons. The van der Waals surface area contributed by atoms with Crippen LogP contribution >= 0.6 is 0 Å². The van der Waals surface area contributed by atoms with Crippen LogP contribution in [-0.2, 0) is 5.41 Å². The van der Waals surface area contributed by atoms with Crippen LogP contribution in [0.1, 0.15) is 18.9 Å². The number of hydrogen-bond donors (Lipinski definition) is 2. The number of benzene rings is 1. The highest BCUT2D eigenvalue weighted by Gasteiger charge is 2.49. The molecular formula is C12H16N2O. The van der Waals surface area contributed by atoms with Gasteiger partial charge in [-0.1, -0.05) is 6.92 Å². The molecule has 2 heterocycles. The molecule has 1 fully saturated rings. The number of fused-ring (bicyclic) bond motifs is 3. The summed E-state index contributed by atoms with van der Waals surface area (Å²) in [6, 6.07) is 5.69. The van der Waals surface area contributed by atoms with Gasteiger partial charge in [0.15, 0.2) is 0 Å². The molecule has 0 spiro atoms. The molecule has 1 aromatic carbocycles. The van der Waals surface area contributed by atoms with Gasteiger partial charge in [0.05, 0.1) is 6.17 Å². The van der Waals surface area contributed by atoms with Crippen LogP contribution in [0.4, 0.5) is 5.69 Å². The van der Waals surface area contributed by atoms with E-state index in [1.807, 2.05) is 12.1 Å². The molecule has 0 amide bonds. The highest BCUT2D eigenvalue weighted by atomic mass is 16.3. The molecule has 2 aliphatic rings. The lowest BCUT2D eigenvalue weighted by molar-refractivity contribution is 0.427. The minimum absolute atomic E-state index is 0.156. The second-order valence-electron chi connectivity index (χ2n) is 4.84. The quantitative estimate of drug-likeness (QED) is 0.671. The summed E-state index contributed by atoms with van der Waals surface area (Å²) in [6.07, 6.45) is 1.52. The van der Waals surface area contributed by atoms with Gasteiger partial charge in [0.25, 0.3) is 0 Å². The summed E-state index contributed by atoms with van der Waals surface area (Å²) in [7, 11) is 2.12. The summed E-state index contributed by atoms with van der Waals surface area (Å²) in [6.45, 7) is 3.33. The molecule has 2 atom stereocenters. The van der Waals surface area contributed by atoms with Gasteiger partial charge in [-0.25, -0.2) is 0 Å². The molecule has 0 aromatic heterocycles. The second kappa shape index (κ2) is 2.67. The number of phenolic OH excluding ortho intramolecular Hbond substituents is 1. The third-order valence-corrected chi connectivity index (χ3v) is 3.95. The molecule has 15 heavy (non-hydrogen) atoms. The first-order valence-corrected chi connectivity index (χ1v) is 5.43. The topological polar surface area (TPSA) is 35.5 Å². The lowest BCUT2D eigenvalue weighted by Crippen LogP contribution is -2.44. The number of aromatic hydroxyl groups is 1. The Morgan fingerprint density at radius 1 is 1.53 bits per heavy atom. The Bertz CT molecular complexity index is 418. The zero-order valence-electron chi connectivity index (χ0n) is 9.12. The smallest absolute Gasteiger partial charge is 0.116 e. The van der Waals surface area contributed by atoms with E-state index in [1.54, 1.807) is 6.07 Å². The number of likely N-dealkylation sites (N-methyl/N-ethyl adjacent to an activating group) is 1. The maximum absolute atomic E-state index is 9.58. The van der Waals surface area contributed by atoms with Crippen molar-refractivity contribution in [2.75, 3.05) is 18.5 Å². The monoisotopic (exact) mass is 204 g/mol. The third kappa shape index (κ3) is 0.988. The summed E-state index contributed by atoms with van der Waals surface area (Å²) in [5, 5.41) is 13.1. The molecule has 0 bridgehead atoms. The van der Waals surface area contributed by atoms with Gasteiger partial charge in [0, 0.05) is 18.2 Å². The van der Waals surface area contributed by atoms with Crippen molar-refractivity contribution < 1.29 is 5.11 Å². The van der Waals surface area contributed by atoms with Crippen LogP contribution in [0.25, 0.3) is 0 Å². The van der Waals surface area contributed by atoms with E-state index in [4.69, 9.17) is 0 Å². The Morgan fingerprint density at radius 2 is 2.33 bits per heavy atom. The number of hydrogen-bond acceptors (Lipinski definition) is 3. The van der Waals surface area contributed by atoms with Gasteiger partial charge in [-0.15, -0.1) is 0 Å². The molecule has 2 aliphatic heterocycles. The molecule has 0 unspecified atom stereocenters. The number of rotatable bonds is 0. The van der Waals surface area contributed by atoms with E-state index >= 15 is 0 Å². The Kier molecular flexibility index (Phi) is 1.61. The first kappa shape index (κ1) is 9.04. The predicted octanol–water partition coefficient (Wildman–Crippen LogP) is 1.42. The minimum atomic E-state index is 0.156. The maximum atomic E-state index is 9.58. The number of nitrogens with zero attached hydrogens (tertiary/aromatic N) is 1. The largest absolute Gasteiger partial charge is 0.508 e. The van der Waals surface area contributed by atoms with Gasteiger partial charge in [-0.3, -0.25) is 5.32 Å².